The first-order valence-electron chi connectivity index (χ1n) is 6.23. The van der Waals surface area contributed by atoms with Crippen LogP contribution in [0.2, 0.25) is 0 Å². The van der Waals surface area contributed by atoms with Gasteiger partial charge in [-0.2, -0.15) is 0 Å². The van der Waals surface area contributed by atoms with Gasteiger partial charge in [-0.25, -0.2) is 9.97 Å². The summed E-state index contributed by atoms with van der Waals surface area (Å²) in [6.07, 6.45) is 5.03. The molecule has 1 aliphatic rings. The number of hydrogen-bond acceptors (Lipinski definition) is 4. The molecule has 0 spiro atoms. The molecule has 2 heterocycles. The van der Waals surface area contributed by atoms with E-state index in [0.717, 1.165) is 24.4 Å². The fraction of sp³-hybridized carbons (Fsp3) is 0.385. The van der Waals surface area contributed by atoms with E-state index in [2.05, 4.69) is 43.5 Å². The quantitative estimate of drug-likeness (QED) is 0.669. The van der Waals surface area contributed by atoms with Crippen LogP contribution >= 0.6 is 49.9 Å². The minimum absolute atomic E-state index is 0.551. The maximum Gasteiger partial charge on any atom is 0.173 e. The van der Waals surface area contributed by atoms with Gasteiger partial charge >= 0.3 is 0 Å². The van der Waals surface area contributed by atoms with Crippen LogP contribution in [0, 0.1) is 3.57 Å². The van der Waals surface area contributed by atoms with Crippen molar-refractivity contribution >= 4 is 55.7 Å². The van der Waals surface area contributed by atoms with Gasteiger partial charge in [-0.1, -0.05) is 12.8 Å². The van der Waals surface area contributed by atoms with E-state index >= 15 is 0 Å². The summed E-state index contributed by atoms with van der Waals surface area (Å²) < 4.78 is 2.07. The Morgan fingerprint density at radius 1 is 1.32 bits per heavy atom. The summed E-state index contributed by atoms with van der Waals surface area (Å²) in [6.45, 7) is 0. The Kier molecular flexibility index (Phi) is 4.09. The molecule has 0 unspecified atom stereocenters. The van der Waals surface area contributed by atoms with Crippen LogP contribution in [-0.4, -0.2) is 9.97 Å². The molecule has 0 atom stereocenters. The molecule has 0 aromatic carbocycles. The molecule has 0 radical (unpaired) electrons. The summed E-state index contributed by atoms with van der Waals surface area (Å²) in [4.78, 5) is 10.3. The minimum atomic E-state index is 0.551. The molecule has 0 saturated heterocycles. The Bertz CT molecular complexity index is 608. The topological polar surface area (TPSA) is 51.8 Å². The number of halogens is 2. The van der Waals surface area contributed by atoms with Crippen LogP contribution in [0.3, 0.4) is 0 Å². The molecule has 1 aliphatic carbocycles. The fourth-order valence-electron chi connectivity index (χ4n) is 2.51. The number of anilines is 1. The van der Waals surface area contributed by atoms with Crippen molar-refractivity contribution in [3.8, 4) is 10.7 Å². The Morgan fingerprint density at radius 2 is 2.05 bits per heavy atom. The summed E-state index contributed by atoms with van der Waals surface area (Å²) in [6, 6.07) is 2.02. The Hall–Kier alpha value is -0.210. The monoisotopic (exact) mass is 449 g/mol. The second-order valence-corrected chi connectivity index (χ2v) is 7.56. The third kappa shape index (κ3) is 2.67. The summed E-state index contributed by atoms with van der Waals surface area (Å²) in [5.41, 5.74) is 7.22. The highest BCUT2D eigenvalue weighted by Crippen LogP contribution is 2.39. The lowest BCUT2D eigenvalue weighted by atomic mass is 10.0. The molecule has 0 aliphatic heterocycles. The van der Waals surface area contributed by atoms with Crippen molar-refractivity contribution in [2.45, 2.75) is 31.6 Å². The standard InChI is InChI=1S/C13H13BrIN3S/c14-8-5-6-19-11(8)13-17-10(7-3-1-2-4-7)9(15)12(16)18-13/h5-7H,1-4H2,(H2,16,17,18). The molecule has 0 bridgehead atoms. The number of nitrogens with two attached hydrogens (primary N) is 1. The van der Waals surface area contributed by atoms with Crippen LogP contribution in [0.15, 0.2) is 15.9 Å². The van der Waals surface area contributed by atoms with Crippen LogP contribution in [0.4, 0.5) is 5.82 Å². The SMILES string of the molecule is Nc1nc(-c2sccc2Br)nc(C2CCCC2)c1I. The van der Waals surface area contributed by atoms with Crippen molar-refractivity contribution in [2.24, 2.45) is 0 Å². The molecule has 3 rings (SSSR count). The number of hydrogen-bond donors (Lipinski definition) is 1. The van der Waals surface area contributed by atoms with Crippen molar-refractivity contribution < 1.29 is 0 Å². The first-order valence-corrected chi connectivity index (χ1v) is 8.98. The minimum Gasteiger partial charge on any atom is -0.383 e. The Labute approximate surface area is 138 Å². The van der Waals surface area contributed by atoms with Crippen LogP contribution < -0.4 is 5.73 Å². The highest BCUT2D eigenvalue weighted by atomic mass is 127. The van der Waals surface area contributed by atoms with Gasteiger partial charge < -0.3 is 5.73 Å². The van der Waals surface area contributed by atoms with Gasteiger partial charge in [0.2, 0.25) is 0 Å². The molecule has 3 nitrogen and oxygen atoms in total. The van der Waals surface area contributed by atoms with Gasteiger partial charge in [0.15, 0.2) is 5.82 Å². The number of nitrogens with zero attached hydrogens (tertiary/aromatic N) is 2. The van der Waals surface area contributed by atoms with Gasteiger partial charge in [-0.3, -0.25) is 0 Å². The van der Waals surface area contributed by atoms with Crippen LogP contribution in [0.25, 0.3) is 10.7 Å². The molecular formula is C13H13BrIN3S. The van der Waals surface area contributed by atoms with Crippen molar-refractivity contribution in [3.63, 3.8) is 0 Å². The predicted molar refractivity (Wildman–Crippen MR) is 91.4 cm³/mol. The van der Waals surface area contributed by atoms with E-state index in [4.69, 9.17) is 10.7 Å². The van der Waals surface area contributed by atoms with Crippen molar-refractivity contribution in [2.75, 3.05) is 5.73 Å². The highest BCUT2D eigenvalue weighted by Gasteiger charge is 2.24. The van der Waals surface area contributed by atoms with Gasteiger partial charge in [-0.05, 0) is 62.8 Å². The molecule has 2 aromatic heterocycles. The fourth-order valence-corrected chi connectivity index (χ4v) is 4.67. The number of rotatable bonds is 2. The average Bonchev–Trinajstić information content (AvgIpc) is 3.03. The van der Waals surface area contributed by atoms with E-state index in [1.807, 2.05) is 11.4 Å². The Morgan fingerprint density at radius 3 is 2.68 bits per heavy atom. The first kappa shape index (κ1) is 13.8. The van der Waals surface area contributed by atoms with E-state index in [-0.39, 0.29) is 0 Å². The molecule has 19 heavy (non-hydrogen) atoms. The van der Waals surface area contributed by atoms with E-state index in [0.29, 0.717) is 11.7 Å². The molecule has 0 amide bonds. The van der Waals surface area contributed by atoms with Crippen molar-refractivity contribution in [1.29, 1.82) is 0 Å². The third-order valence-corrected chi connectivity index (χ3v) is 6.40. The number of aromatic nitrogens is 2. The zero-order chi connectivity index (χ0) is 13.4. The van der Waals surface area contributed by atoms with Crippen molar-refractivity contribution in [3.05, 3.63) is 25.2 Å². The Balaban J connectivity index is 2.10. The maximum atomic E-state index is 6.08. The molecule has 6 heteroatoms. The van der Waals surface area contributed by atoms with Gasteiger partial charge in [0.25, 0.3) is 0 Å². The van der Waals surface area contributed by atoms with E-state index in [9.17, 15) is 0 Å². The van der Waals surface area contributed by atoms with Gasteiger partial charge in [0.05, 0.1) is 14.1 Å². The van der Waals surface area contributed by atoms with Gasteiger partial charge in [0.1, 0.15) is 5.82 Å². The average molecular weight is 450 g/mol. The lowest BCUT2D eigenvalue weighted by molar-refractivity contribution is 0.691. The summed E-state index contributed by atoms with van der Waals surface area (Å²) in [5.74, 6) is 1.91. The molecule has 2 N–H and O–H groups in total. The summed E-state index contributed by atoms with van der Waals surface area (Å²) in [7, 11) is 0. The molecule has 1 saturated carbocycles. The molecular weight excluding hydrogens is 437 g/mol. The van der Waals surface area contributed by atoms with Gasteiger partial charge in [-0.15, -0.1) is 11.3 Å². The number of thiophene rings is 1. The zero-order valence-corrected chi connectivity index (χ0v) is 14.8. The number of nitrogen functional groups attached to an aromatic ring is 1. The first-order chi connectivity index (χ1) is 9.16. The largest absolute Gasteiger partial charge is 0.383 e. The molecule has 2 aromatic rings. The predicted octanol–water partition coefficient (Wildman–Crippen LogP) is 4.81. The van der Waals surface area contributed by atoms with Crippen molar-refractivity contribution in [1.82, 2.24) is 9.97 Å². The smallest absolute Gasteiger partial charge is 0.173 e. The van der Waals surface area contributed by atoms with Crippen LogP contribution in [0.1, 0.15) is 37.3 Å². The van der Waals surface area contributed by atoms with E-state index in [1.165, 1.54) is 25.7 Å². The van der Waals surface area contributed by atoms with Gasteiger partial charge in [0, 0.05) is 10.4 Å². The normalized spacial score (nSPS) is 16.1. The zero-order valence-electron chi connectivity index (χ0n) is 10.2. The highest BCUT2D eigenvalue weighted by molar-refractivity contribution is 14.1. The maximum absolute atomic E-state index is 6.08. The van der Waals surface area contributed by atoms with Crippen LogP contribution in [-0.2, 0) is 0 Å². The molecule has 100 valence electrons. The van der Waals surface area contributed by atoms with Crippen LogP contribution in [0.5, 0.6) is 0 Å². The summed E-state index contributed by atoms with van der Waals surface area (Å²) >= 11 is 7.46. The molecule has 1 fully saturated rings. The second-order valence-electron chi connectivity index (χ2n) is 4.71. The summed E-state index contributed by atoms with van der Waals surface area (Å²) in [5, 5.41) is 2.03. The third-order valence-electron chi connectivity index (χ3n) is 3.46. The lowest BCUT2D eigenvalue weighted by Crippen LogP contribution is -2.07. The lowest BCUT2D eigenvalue weighted by Gasteiger charge is -2.13. The van der Waals surface area contributed by atoms with E-state index < -0.39 is 0 Å². The second kappa shape index (κ2) is 5.65. The van der Waals surface area contributed by atoms with E-state index in [1.54, 1.807) is 11.3 Å².